The molecule has 104 valence electrons. The number of carbonyl (C=O) groups is 2. The number of ether oxygens (including phenoxy) is 1. The molecule has 19 heavy (non-hydrogen) atoms. The van der Waals surface area contributed by atoms with E-state index in [1.54, 1.807) is 24.3 Å². The molecule has 0 heterocycles. The smallest absolute Gasteiger partial charge is 0.265 e. The van der Waals surface area contributed by atoms with E-state index in [4.69, 9.17) is 9.57 Å². The first-order chi connectivity index (χ1) is 9.10. The Balaban J connectivity index is 2.88. The van der Waals surface area contributed by atoms with Crippen molar-refractivity contribution in [3.8, 4) is 0 Å². The third kappa shape index (κ3) is 4.35. The molecule has 2 amide bonds. The number of hydrogen-bond donors (Lipinski definition) is 0. The minimum Gasteiger partial charge on any atom is -0.375 e. The van der Waals surface area contributed by atoms with E-state index in [-0.39, 0.29) is 25.0 Å². The maximum absolute atomic E-state index is 12.0. The first-order valence-electron chi connectivity index (χ1n) is 5.75. The summed E-state index contributed by atoms with van der Waals surface area (Å²) < 4.78 is 4.83. The molecule has 0 radical (unpaired) electrons. The summed E-state index contributed by atoms with van der Waals surface area (Å²) in [6.45, 7) is -0.185. The van der Waals surface area contributed by atoms with Crippen molar-refractivity contribution in [3.05, 3.63) is 30.3 Å². The van der Waals surface area contributed by atoms with Crippen molar-refractivity contribution in [2.75, 3.05) is 39.3 Å². The van der Waals surface area contributed by atoms with Crippen molar-refractivity contribution in [1.82, 2.24) is 5.06 Å². The van der Waals surface area contributed by atoms with Crippen LogP contribution in [0.5, 0.6) is 0 Å². The van der Waals surface area contributed by atoms with Gasteiger partial charge in [-0.3, -0.25) is 14.4 Å². The maximum atomic E-state index is 12.0. The summed E-state index contributed by atoms with van der Waals surface area (Å²) in [6.07, 6.45) is 0. The Morgan fingerprint density at radius 2 is 1.74 bits per heavy atom. The van der Waals surface area contributed by atoms with E-state index in [1.165, 1.54) is 26.2 Å². The third-order valence-corrected chi connectivity index (χ3v) is 2.56. The molecule has 0 bridgehead atoms. The number of benzene rings is 1. The second-order valence-corrected chi connectivity index (χ2v) is 3.82. The van der Waals surface area contributed by atoms with Crippen LogP contribution in [-0.4, -0.2) is 51.3 Å². The second-order valence-electron chi connectivity index (χ2n) is 3.82. The fourth-order valence-corrected chi connectivity index (χ4v) is 1.47. The van der Waals surface area contributed by atoms with Crippen molar-refractivity contribution in [2.24, 2.45) is 0 Å². The van der Waals surface area contributed by atoms with Gasteiger partial charge in [0.15, 0.2) is 0 Å². The lowest BCUT2D eigenvalue weighted by molar-refractivity contribution is -0.167. The lowest BCUT2D eigenvalue weighted by Crippen LogP contribution is -2.42. The molecular formula is C13H18N2O4. The SMILES string of the molecule is COCC(=O)N(CC(=O)N(C)OC)c1ccccc1. The zero-order chi connectivity index (χ0) is 14.3. The Bertz CT molecular complexity index is 422. The third-order valence-electron chi connectivity index (χ3n) is 2.56. The number of likely N-dealkylation sites (N-methyl/N-ethyl adjacent to an activating group) is 1. The van der Waals surface area contributed by atoms with Crippen molar-refractivity contribution in [3.63, 3.8) is 0 Å². The van der Waals surface area contributed by atoms with Crippen LogP contribution in [0.25, 0.3) is 0 Å². The summed E-state index contributed by atoms with van der Waals surface area (Å²) in [7, 11) is 4.32. The van der Waals surface area contributed by atoms with Crippen LogP contribution >= 0.6 is 0 Å². The van der Waals surface area contributed by atoms with Gasteiger partial charge in [-0.25, -0.2) is 5.06 Å². The lowest BCUT2D eigenvalue weighted by atomic mass is 10.2. The van der Waals surface area contributed by atoms with Gasteiger partial charge in [-0.2, -0.15) is 0 Å². The lowest BCUT2D eigenvalue weighted by Gasteiger charge is -2.24. The number of nitrogens with zero attached hydrogens (tertiary/aromatic N) is 2. The molecule has 1 aromatic rings. The van der Waals surface area contributed by atoms with Crippen LogP contribution in [0.1, 0.15) is 0 Å². The van der Waals surface area contributed by atoms with E-state index in [0.717, 1.165) is 5.06 Å². The van der Waals surface area contributed by atoms with Gasteiger partial charge in [-0.05, 0) is 12.1 Å². The van der Waals surface area contributed by atoms with Gasteiger partial charge in [-0.15, -0.1) is 0 Å². The van der Waals surface area contributed by atoms with E-state index >= 15 is 0 Å². The highest BCUT2D eigenvalue weighted by Gasteiger charge is 2.20. The first kappa shape index (κ1) is 15.1. The first-order valence-corrected chi connectivity index (χ1v) is 5.75. The predicted molar refractivity (Wildman–Crippen MR) is 70.5 cm³/mol. The number of amides is 2. The fraction of sp³-hybridized carbons (Fsp3) is 0.385. The number of hydroxylamine groups is 2. The minimum atomic E-state index is -0.323. The highest BCUT2D eigenvalue weighted by atomic mass is 16.7. The summed E-state index contributed by atoms with van der Waals surface area (Å²) >= 11 is 0. The zero-order valence-electron chi connectivity index (χ0n) is 11.3. The molecule has 0 N–H and O–H groups in total. The summed E-state index contributed by atoms with van der Waals surface area (Å²) in [6, 6.07) is 8.95. The molecule has 0 aliphatic carbocycles. The van der Waals surface area contributed by atoms with Gasteiger partial charge in [0.05, 0.1) is 7.11 Å². The number of rotatable bonds is 6. The normalized spacial score (nSPS) is 10.1. The van der Waals surface area contributed by atoms with Crippen LogP contribution in [0.15, 0.2) is 30.3 Å². The molecule has 0 fully saturated rings. The molecule has 6 heteroatoms. The van der Waals surface area contributed by atoms with Crippen LogP contribution in [0.3, 0.4) is 0 Å². The average molecular weight is 266 g/mol. The summed E-state index contributed by atoms with van der Waals surface area (Å²) in [4.78, 5) is 30.0. The van der Waals surface area contributed by atoms with Gasteiger partial charge in [0.1, 0.15) is 13.2 Å². The molecule has 1 rings (SSSR count). The van der Waals surface area contributed by atoms with Gasteiger partial charge in [0, 0.05) is 19.8 Å². The van der Waals surface area contributed by atoms with E-state index in [0.29, 0.717) is 5.69 Å². The standard InChI is InChI=1S/C13H18N2O4/c1-14(19-3)12(16)9-15(13(17)10-18-2)11-7-5-4-6-8-11/h4-8H,9-10H2,1-3H3. The average Bonchev–Trinajstić information content (AvgIpc) is 2.44. The molecule has 0 aliphatic rings. The van der Waals surface area contributed by atoms with Gasteiger partial charge >= 0.3 is 0 Å². The van der Waals surface area contributed by atoms with Crippen molar-refractivity contribution in [2.45, 2.75) is 0 Å². The highest BCUT2D eigenvalue weighted by molar-refractivity contribution is 5.99. The van der Waals surface area contributed by atoms with Crippen LogP contribution in [0.4, 0.5) is 5.69 Å². The van der Waals surface area contributed by atoms with Gasteiger partial charge in [-0.1, -0.05) is 18.2 Å². The van der Waals surface area contributed by atoms with Gasteiger partial charge < -0.3 is 9.64 Å². The van der Waals surface area contributed by atoms with Crippen molar-refractivity contribution < 1.29 is 19.2 Å². The van der Waals surface area contributed by atoms with Crippen molar-refractivity contribution in [1.29, 1.82) is 0 Å². The molecule has 0 atom stereocenters. The molecule has 6 nitrogen and oxygen atoms in total. The molecular weight excluding hydrogens is 248 g/mol. The molecule has 0 spiro atoms. The Morgan fingerprint density at radius 1 is 1.11 bits per heavy atom. The summed E-state index contributed by atoms with van der Waals surface area (Å²) in [5.74, 6) is -0.609. The molecule has 0 aromatic heterocycles. The minimum absolute atomic E-state index is 0.0845. The van der Waals surface area contributed by atoms with E-state index in [9.17, 15) is 9.59 Å². The Labute approximate surface area is 112 Å². The molecule has 0 saturated carbocycles. The van der Waals surface area contributed by atoms with Crippen LogP contribution in [0.2, 0.25) is 0 Å². The Morgan fingerprint density at radius 3 is 2.26 bits per heavy atom. The number of para-hydroxylation sites is 1. The van der Waals surface area contributed by atoms with Gasteiger partial charge in [0.2, 0.25) is 0 Å². The number of methoxy groups -OCH3 is 1. The number of anilines is 1. The Hall–Kier alpha value is -1.92. The van der Waals surface area contributed by atoms with Gasteiger partial charge in [0.25, 0.3) is 11.8 Å². The van der Waals surface area contributed by atoms with Crippen LogP contribution in [0, 0.1) is 0 Å². The monoisotopic (exact) mass is 266 g/mol. The van der Waals surface area contributed by atoms with Crippen LogP contribution < -0.4 is 4.90 Å². The summed E-state index contributed by atoms with van der Waals surface area (Å²) in [5, 5.41) is 1.08. The van der Waals surface area contributed by atoms with E-state index < -0.39 is 0 Å². The number of carbonyl (C=O) groups excluding carboxylic acids is 2. The predicted octanol–water partition coefficient (Wildman–Crippen LogP) is 0.686. The topological polar surface area (TPSA) is 59.1 Å². The molecule has 0 unspecified atom stereocenters. The second kappa shape index (κ2) is 7.50. The summed E-state index contributed by atoms with van der Waals surface area (Å²) in [5.41, 5.74) is 0.641. The quantitative estimate of drug-likeness (QED) is 0.711. The Kier molecular flexibility index (Phi) is 5.98. The fourth-order valence-electron chi connectivity index (χ4n) is 1.47. The molecule has 0 saturated heterocycles. The number of hydrogen-bond acceptors (Lipinski definition) is 4. The van der Waals surface area contributed by atoms with Crippen molar-refractivity contribution >= 4 is 17.5 Å². The van der Waals surface area contributed by atoms with Crippen LogP contribution in [-0.2, 0) is 19.2 Å². The molecule has 1 aromatic carbocycles. The molecule has 0 aliphatic heterocycles. The maximum Gasteiger partial charge on any atom is 0.265 e. The zero-order valence-corrected chi connectivity index (χ0v) is 11.3. The van der Waals surface area contributed by atoms with E-state index in [2.05, 4.69) is 0 Å². The highest BCUT2D eigenvalue weighted by Crippen LogP contribution is 2.13. The van der Waals surface area contributed by atoms with E-state index in [1.807, 2.05) is 6.07 Å². The largest absolute Gasteiger partial charge is 0.375 e.